The van der Waals surface area contributed by atoms with E-state index in [4.69, 9.17) is 0 Å². The Bertz CT molecular complexity index is 120. The highest BCUT2D eigenvalue weighted by Crippen LogP contribution is 2.28. The Morgan fingerprint density at radius 1 is 1.17 bits per heavy atom. The van der Waals surface area contributed by atoms with Crippen LogP contribution in [0.3, 0.4) is 0 Å². The maximum Gasteiger partial charge on any atom is -0.0346 e. The number of rotatable bonds is 6. The highest BCUT2D eigenvalue weighted by atomic mass is 14.2. The van der Waals surface area contributed by atoms with Gasteiger partial charge in [0.15, 0.2) is 0 Å². The minimum Gasteiger partial charge on any atom is -0.0917 e. The van der Waals surface area contributed by atoms with E-state index in [-0.39, 0.29) is 0 Å². The Kier molecular flexibility index (Phi) is 6.14. The molecule has 0 unspecified atom stereocenters. The van der Waals surface area contributed by atoms with Gasteiger partial charge < -0.3 is 0 Å². The average molecular weight is 168 g/mol. The van der Waals surface area contributed by atoms with Gasteiger partial charge in [-0.2, -0.15) is 0 Å². The number of hydrogen-bond donors (Lipinski definition) is 0. The molecule has 0 aromatic heterocycles. The van der Waals surface area contributed by atoms with E-state index < -0.39 is 0 Å². The lowest BCUT2D eigenvalue weighted by Gasteiger charge is -2.23. The van der Waals surface area contributed by atoms with Crippen LogP contribution >= 0.6 is 0 Å². The van der Waals surface area contributed by atoms with E-state index in [0.717, 1.165) is 0 Å². The topological polar surface area (TPSA) is 0 Å². The SMILES string of the molecule is C/C=C/CCC(C)(C)CCCC. The first kappa shape index (κ1) is 11.7. The van der Waals surface area contributed by atoms with Crippen molar-refractivity contribution in [2.45, 2.75) is 59.8 Å². The Balaban J connectivity index is 3.55. The molecule has 0 rings (SSSR count). The van der Waals surface area contributed by atoms with E-state index in [1.807, 2.05) is 0 Å². The fourth-order valence-corrected chi connectivity index (χ4v) is 1.42. The largest absolute Gasteiger partial charge is 0.0917 e. The third-order valence-corrected chi connectivity index (χ3v) is 2.43. The lowest BCUT2D eigenvalue weighted by molar-refractivity contribution is 0.300. The standard InChI is InChI=1S/C12H24/c1-5-7-9-11-12(3,4)10-8-6-2/h5,7H,6,8-11H2,1-4H3/b7-5+. The van der Waals surface area contributed by atoms with Crippen LogP contribution in [-0.4, -0.2) is 0 Å². The molecule has 0 spiro atoms. The van der Waals surface area contributed by atoms with Crippen LogP contribution in [0.1, 0.15) is 59.8 Å². The van der Waals surface area contributed by atoms with Gasteiger partial charge in [-0.1, -0.05) is 45.8 Å². The molecule has 0 aliphatic carbocycles. The Morgan fingerprint density at radius 3 is 2.33 bits per heavy atom. The summed E-state index contributed by atoms with van der Waals surface area (Å²) in [7, 11) is 0. The molecule has 0 saturated heterocycles. The second kappa shape index (κ2) is 6.28. The average Bonchev–Trinajstić information content (AvgIpc) is 2.01. The van der Waals surface area contributed by atoms with E-state index in [1.54, 1.807) is 0 Å². The zero-order valence-electron chi connectivity index (χ0n) is 9.19. The summed E-state index contributed by atoms with van der Waals surface area (Å²) in [6.07, 6.45) is 11.1. The van der Waals surface area contributed by atoms with E-state index in [9.17, 15) is 0 Å². The fourth-order valence-electron chi connectivity index (χ4n) is 1.42. The number of unbranched alkanes of at least 4 members (excludes halogenated alkanes) is 1. The van der Waals surface area contributed by atoms with Gasteiger partial charge in [-0.3, -0.25) is 0 Å². The van der Waals surface area contributed by atoms with Gasteiger partial charge in [0.2, 0.25) is 0 Å². The summed E-state index contributed by atoms with van der Waals surface area (Å²) in [6.45, 7) is 9.12. The third kappa shape index (κ3) is 6.45. The molecular weight excluding hydrogens is 144 g/mol. The van der Waals surface area contributed by atoms with Crippen molar-refractivity contribution in [1.82, 2.24) is 0 Å². The second-order valence-electron chi connectivity index (χ2n) is 4.38. The molecule has 0 fully saturated rings. The van der Waals surface area contributed by atoms with Gasteiger partial charge in [-0.25, -0.2) is 0 Å². The molecule has 0 atom stereocenters. The van der Waals surface area contributed by atoms with Crippen LogP contribution in [-0.2, 0) is 0 Å². The molecule has 0 nitrogen and oxygen atoms in total. The smallest absolute Gasteiger partial charge is 0.0346 e. The zero-order chi connectivity index (χ0) is 9.45. The molecule has 0 aliphatic rings. The summed E-state index contributed by atoms with van der Waals surface area (Å²) in [4.78, 5) is 0. The maximum absolute atomic E-state index is 2.38. The van der Waals surface area contributed by atoms with Gasteiger partial charge in [0.25, 0.3) is 0 Å². The van der Waals surface area contributed by atoms with Gasteiger partial charge in [-0.15, -0.1) is 0 Å². The third-order valence-electron chi connectivity index (χ3n) is 2.43. The molecule has 0 heterocycles. The monoisotopic (exact) mass is 168 g/mol. The van der Waals surface area contributed by atoms with Crippen molar-refractivity contribution in [3.05, 3.63) is 12.2 Å². The molecule has 0 N–H and O–H groups in total. The molecule has 0 saturated carbocycles. The van der Waals surface area contributed by atoms with Gasteiger partial charge in [0.05, 0.1) is 0 Å². The molecule has 0 aliphatic heterocycles. The van der Waals surface area contributed by atoms with Crippen LogP contribution < -0.4 is 0 Å². The molecule has 0 aromatic rings. The summed E-state index contributed by atoms with van der Waals surface area (Å²) >= 11 is 0. The van der Waals surface area contributed by atoms with Crippen molar-refractivity contribution < 1.29 is 0 Å². The summed E-state index contributed by atoms with van der Waals surface area (Å²) < 4.78 is 0. The van der Waals surface area contributed by atoms with Crippen LogP contribution in [0.15, 0.2) is 12.2 Å². The molecule has 72 valence electrons. The first-order valence-electron chi connectivity index (χ1n) is 5.23. The van der Waals surface area contributed by atoms with Gasteiger partial charge in [-0.05, 0) is 31.6 Å². The van der Waals surface area contributed by atoms with Crippen molar-refractivity contribution in [2.75, 3.05) is 0 Å². The normalized spacial score (nSPS) is 12.7. The molecule has 0 aromatic carbocycles. The van der Waals surface area contributed by atoms with Crippen LogP contribution in [0.4, 0.5) is 0 Å². The summed E-state index contributed by atoms with van der Waals surface area (Å²) in [6, 6.07) is 0. The quantitative estimate of drug-likeness (QED) is 0.510. The fraction of sp³-hybridized carbons (Fsp3) is 0.833. The first-order valence-corrected chi connectivity index (χ1v) is 5.23. The maximum atomic E-state index is 2.38. The Hall–Kier alpha value is -0.260. The molecule has 0 bridgehead atoms. The minimum atomic E-state index is 0.551. The van der Waals surface area contributed by atoms with Crippen LogP contribution in [0.5, 0.6) is 0 Å². The van der Waals surface area contributed by atoms with Crippen molar-refractivity contribution in [1.29, 1.82) is 0 Å². The van der Waals surface area contributed by atoms with Gasteiger partial charge in [0, 0.05) is 0 Å². The van der Waals surface area contributed by atoms with Crippen LogP contribution in [0.25, 0.3) is 0 Å². The molecule has 0 radical (unpaired) electrons. The predicted octanol–water partition coefficient (Wildman–Crippen LogP) is 4.56. The van der Waals surface area contributed by atoms with E-state index in [1.165, 1.54) is 32.1 Å². The molecule has 0 heteroatoms. The van der Waals surface area contributed by atoms with Crippen molar-refractivity contribution in [2.24, 2.45) is 5.41 Å². The lowest BCUT2D eigenvalue weighted by Crippen LogP contribution is -2.10. The first-order chi connectivity index (χ1) is 5.62. The Morgan fingerprint density at radius 2 is 1.83 bits per heavy atom. The predicted molar refractivity (Wildman–Crippen MR) is 57.4 cm³/mol. The van der Waals surface area contributed by atoms with Crippen molar-refractivity contribution >= 4 is 0 Å². The van der Waals surface area contributed by atoms with Gasteiger partial charge in [0.1, 0.15) is 0 Å². The van der Waals surface area contributed by atoms with E-state index in [0.29, 0.717) is 5.41 Å². The van der Waals surface area contributed by atoms with E-state index in [2.05, 4.69) is 39.8 Å². The molecule has 12 heavy (non-hydrogen) atoms. The van der Waals surface area contributed by atoms with Crippen molar-refractivity contribution in [3.8, 4) is 0 Å². The zero-order valence-corrected chi connectivity index (χ0v) is 9.19. The molecule has 0 amide bonds. The molecular formula is C12H24. The lowest BCUT2D eigenvalue weighted by atomic mass is 9.83. The number of allylic oxidation sites excluding steroid dienone is 2. The minimum absolute atomic E-state index is 0.551. The highest BCUT2D eigenvalue weighted by molar-refractivity contribution is 4.80. The summed E-state index contributed by atoms with van der Waals surface area (Å²) in [5, 5.41) is 0. The van der Waals surface area contributed by atoms with Crippen LogP contribution in [0.2, 0.25) is 0 Å². The van der Waals surface area contributed by atoms with Crippen molar-refractivity contribution in [3.63, 3.8) is 0 Å². The van der Waals surface area contributed by atoms with Crippen LogP contribution in [0, 0.1) is 5.41 Å². The second-order valence-corrected chi connectivity index (χ2v) is 4.38. The van der Waals surface area contributed by atoms with E-state index >= 15 is 0 Å². The number of hydrogen-bond acceptors (Lipinski definition) is 0. The summed E-state index contributed by atoms with van der Waals surface area (Å²) in [5.41, 5.74) is 0.551. The highest BCUT2D eigenvalue weighted by Gasteiger charge is 2.15. The Labute approximate surface area is 78.1 Å². The summed E-state index contributed by atoms with van der Waals surface area (Å²) in [5.74, 6) is 0. The van der Waals surface area contributed by atoms with Gasteiger partial charge >= 0.3 is 0 Å².